The number of nitrogens with zero attached hydrogens (tertiary/aromatic N) is 1. The highest BCUT2D eigenvalue weighted by Gasteiger charge is 2.29. The molecule has 2 aromatic rings. The standard InChI is InChI=1S/C26H32N8O6/c27-26(28)29-11-5-10-18-23(38)30-14-20(35)33-19(13-21(36)37)24(39)32-17-9-4-8-16(12-17)31-22(25(40)34-18)15-6-2-1-3-7-15/h1-4,6-9,12,18-19,22,31H,5,10-11,13-14H2,(H,30,38)(H,32,39)(H,33,35)(H,34,40)(H,36,37)(H4,27,28,29)/t18?,19?,22-/m1/s1. The lowest BCUT2D eigenvalue weighted by Gasteiger charge is -2.25. The summed E-state index contributed by atoms with van der Waals surface area (Å²) in [5, 5.41) is 22.5. The van der Waals surface area contributed by atoms with Crippen molar-refractivity contribution >= 4 is 46.9 Å². The number of amides is 4. The topological polar surface area (TPSA) is 230 Å². The summed E-state index contributed by atoms with van der Waals surface area (Å²) in [6, 6.07) is 11.9. The number of aliphatic carboxylic acids is 1. The zero-order chi connectivity index (χ0) is 29.1. The third-order valence-electron chi connectivity index (χ3n) is 5.87. The molecule has 212 valence electrons. The maximum atomic E-state index is 13.5. The van der Waals surface area contributed by atoms with Crippen LogP contribution in [-0.4, -0.2) is 65.8 Å². The zero-order valence-electron chi connectivity index (χ0n) is 21.6. The monoisotopic (exact) mass is 552 g/mol. The normalized spacial score (nSPS) is 20.1. The maximum Gasteiger partial charge on any atom is 0.305 e. The Morgan fingerprint density at radius 1 is 0.875 bits per heavy atom. The van der Waals surface area contributed by atoms with Gasteiger partial charge in [0.2, 0.25) is 23.6 Å². The number of nitrogens with one attached hydrogen (secondary N) is 5. The third-order valence-corrected chi connectivity index (χ3v) is 5.87. The highest BCUT2D eigenvalue weighted by molar-refractivity contribution is 6.00. The minimum absolute atomic E-state index is 0.112. The van der Waals surface area contributed by atoms with Gasteiger partial charge in [0.05, 0.1) is 13.0 Å². The molecular weight excluding hydrogens is 520 g/mol. The van der Waals surface area contributed by atoms with Crippen LogP contribution >= 0.6 is 0 Å². The summed E-state index contributed by atoms with van der Waals surface area (Å²) >= 11 is 0. The number of guanidine groups is 1. The molecule has 10 N–H and O–H groups in total. The molecule has 2 bridgehead atoms. The number of fused-ring (bicyclic) bond motifs is 2. The van der Waals surface area contributed by atoms with E-state index in [1.165, 1.54) is 0 Å². The number of hydrogen-bond acceptors (Lipinski definition) is 7. The summed E-state index contributed by atoms with van der Waals surface area (Å²) in [7, 11) is 0. The fraction of sp³-hybridized carbons (Fsp3) is 0.308. The van der Waals surface area contributed by atoms with Crippen molar-refractivity contribution in [2.24, 2.45) is 16.5 Å². The Bertz CT molecular complexity index is 1260. The van der Waals surface area contributed by atoms with Crippen LogP contribution < -0.4 is 38.1 Å². The van der Waals surface area contributed by atoms with E-state index in [1.54, 1.807) is 54.6 Å². The highest BCUT2D eigenvalue weighted by atomic mass is 16.4. The van der Waals surface area contributed by atoms with Crippen molar-refractivity contribution in [1.29, 1.82) is 0 Å². The smallest absolute Gasteiger partial charge is 0.305 e. The van der Waals surface area contributed by atoms with Gasteiger partial charge in [-0.05, 0) is 36.6 Å². The average molecular weight is 553 g/mol. The summed E-state index contributed by atoms with van der Waals surface area (Å²) in [4.78, 5) is 67.2. The largest absolute Gasteiger partial charge is 0.481 e. The molecule has 0 aromatic heterocycles. The Hall–Kier alpha value is -5.14. The molecule has 1 aliphatic rings. The first-order valence-corrected chi connectivity index (χ1v) is 12.5. The molecule has 0 saturated carbocycles. The van der Waals surface area contributed by atoms with Gasteiger partial charge >= 0.3 is 5.97 Å². The molecule has 4 amide bonds. The van der Waals surface area contributed by atoms with Crippen LogP contribution in [0.15, 0.2) is 59.6 Å². The van der Waals surface area contributed by atoms with Gasteiger partial charge in [-0.2, -0.15) is 0 Å². The van der Waals surface area contributed by atoms with E-state index in [9.17, 15) is 29.1 Å². The number of nitrogens with two attached hydrogens (primary N) is 2. The van der Waals surface area contributed by atoms with E-state index in [2.05, 4.69) is 31.6 Å². The van der Waals surface area contributed by atoms with Crippen molar-refractivity contribution in [3.63, 3.8) is 0 Å². The van der Waals surface area contributed by atoms with Crippen LogP contribution in [0.2, 0.25) is 0 Å². The van der Waals surface area contributed by atoms with E-state index in [0.29, 0.717) is 23.4 Å². The van der Waals surface area contributed by atoms with Crippen molar-refractivity contribution in [1.82, 2.24) is 16.0 Å². The van der Waals surface area contributed by atoms with Crippen LogP contribution in [0, 0.1) is 0 Å². The van der Waals surface area contributed by atoms with Crippen molar-refractivity contribution in [3.8, 4) is 0 Å². The average Bonchev–Trinajstić information content (AvgIpc) is 2.91. The van der Waals surface area contributed by atoms with Crippen molar-refractivity contribution < 1.29 is 29.1 Å². The first-order chi connectivity index (χ1) is 19.1. The molecule has 14 nitrogen and oxygen atoms in total. The number of anilines is 2. The van der Waals surface area contributed by atoms with Gasteiger partial charge in [-0.25, -0.2) is 0 Å². The van der Waals surface area contributed by atoms with Gasteiger partial charge in [0.1, 0.15) is 18.1 Å². The lowest BCUT2D eigenvalue weighted by Crippen LogP contribution is -2.52. The number of hydrogen-bond donors (Lipinski definition) is 8. The fourth-order valence-electron chi connectivity index (χ4n) is 3.98. The minimum atomic E-state index is -1.40. The van der Waals surface area contributed by atoms with Gasteiger partial charge in [0, 0.05) is 17.9 Å². The van der Waals surface area contributed by atoms with Crippen LogP contribution in [0.3, 0.4) is 0 Å². The molecule has 2 aromatic carbocycles. The molecule has 1 aliphatic heterocycles. The lowest BCUT2D eigenvalue weighted by molar-refractivity contribution is -0.140. The van der Waals surface area contributed by atoms with Gasteiger partial charge in [-0.3, -0.25) is 29.0 Å². The Morgan fingerprint density at radius 2 is 1.60 bits per heavy atom. The Kier molecular flexibility index (Phi) is 10.4. The SMILES string of the molecule is NC(N)=NCCCC1NC(=O)[C@@H](c2ccccc2)Nc2cccc(c2)NC(=O)C(CC(=O)O)NC(=O)CNC1=O. The third kappa shape index (κ3) is 9.01. The van der Waals surface area contributed by atoms with E-state index in [1.807, 2.05) is 0 Å². The van der Waals surface area contributed by atoms with Crippen molar-refractivity contribution in [2.75, 3.05) is 23.7 Å². The zero-order valence-corrected chi connectivity index (χ0v) is 21.6. The molecule has 0 aliphatic carbocycles. The van der Waals surface area contributed by atoms with Crippen LogP contribution in [-0.2, 0) is 24.0 Å². The number of carboxylic acids is 1. The number of rotatable bonds is 7. The molecule has 3 atom stereocenters. The van der Waals surface area contributed by atoms with Crippen LogP contribution in [0.4, 0.5) is 11.4 Å². The van der Waals surface area contributed by atoms with Crippen LogP contribution in [0.25, 0.3) is 0 Å². The second kappa shape index (κ2) is 14.1. The Balaban J connectivity index is 1.97. The van der Waals surface area contributed by atoms with Gasteiger partial charge < -0.3 is 43.2 Å². The minimum Gasteiger partial charge on any atom is -0.481 e. The molecule has 14 heteroatoms. The summed E-state index contributed by atoms with van der Waals surface area (Å²) in [6.07, 6.45) is -0.186. The molecule has 1 heterocycles. The predicted molar refractivity (Wildman–Crippen MR) is 147 cm³/mol. The van der Waals surface area contributed by atoms with Gasteiger partial charge in [0.25, 0.3) is 0 Å². The van der Waals surface area contributed by atoms with Crippen molar-refractivity contribution in [2.45, 2.75) is 37.4 Å². The van der Waals surface area contributed by atoms with E-state index >= 15 is 0 Å². The number of carbonyl (C=O) groups is 5. The molecule has 3 rings (SSSR count). The number of carboxylic acid groups (broad SMARTS) is 1. The Labute approximate surface area is 230 Å². The maximum absolute atomic E-state index is 13.5. The van der Waals surface area contributed by atoms with E-state index in [-0.39, 0.29) is 18.9 Å². The molecular formula is C26H32N8O6. The summed E-state index contributed by atoms with van der Waals surface area (Å²) in [5.74, 6) is -4.14. The fourth-order valence-corrected chi connectivity index (χ4v) is 3.98. The first kappa shape index (κ1) is 29.4. The number of benzene rings is 2. The van der Waals surface area contributed by atoms with E-state index in [0.717, 1.165) is 0 Å². The summed E-state index contributed by atoms with van der Waals surface area (Å²) in [6.45, 7) is -0.347. The first-order valence-electron chi connectivity index (χ1n) is 12.5. The molecule has 0 spiro atoms. The number of carbonyl (C=O) groups excluding carboxylic acids is 4. The van der Waals surface area contributed by atoms with Gasteiger partial charge in [0.15, 0.2) is 5.96 Å². The highest BCUT2D eigenvalue weighted by Crippen LogP contribution is 2.23. The number of aliphatic imine (C=N–C) groups is 1. The quantitative estimate of drug-likeness (QED) is 0.124. The summed E-state index contributed by atoms with van der Waals surface area (Å²) < 4.78 is 0. The van der Waals surface area contributed by atoms with Crippen LogP contribution in [0.1, 0.15) is 30.9 Å². The lowest BCUT2D eigenvalue weighted by atomic mass is 10.0. The van der Waals surface area contributed by atoms with E-state index < -0.39 is 60.7 Å². The van der Waals surface area contributed by atoms with Gasteiger partial charge in [-0.1, -0.05) is 36.4 Å². The van der Waals surface area contributed by atoms with E-state index in [4.69, 9.17) is 11.5 Å². The van der Waals surface area contributed by atoms with Gasteiger partial charge in [-0.15, -0.1) is 0 Å². The second-order valence-corrected chi connectivity index (χ2v) is 9.00. The predicted octanol–water partition coefficient (Wildman–Crippen LogP) is -0.594. The molecule has 2 unspecified atom stereocenters. The molecule has 0 saturated heterocycles. The molecule has 0 fully saturated rings. The van der Waals surface area contributed by atoms with Crippen molar-refractivity contribution in [3.05, 3.63) is 60.2 Å². The van der Waals surface area contributed by atoms with Crippen LogP contribution in [0.5, 0.6) is 0 Å². The molecule has 0 radical (unpaired) electrons. The Morgan fingerprint density at radius 3 is 2.30 bits per heavy atom. The molecule has 40 heavy (non-hydrogen) atoms. The summed E-state index contributed by atoms with van der Waals surface area (Å²) in [5.41, 5.74) is 12.1. The second-order valence-electron chi connectivity index (χ2n) is 9.00.